The molecule has 0 aliphatic rings. The summed E-state index contributed by atoms with van der Waals surface area (Å²) in [5.41, 5.74) is 3.07. The lowest BCUT2D eigenvalue weighted by atomic mass is 10.0. The molecular formula is C21H19Cl2N3O3. The molecule has 1 aromatic carbocycles. The maximum absolute atomic E-state index is 13.5. The van der Waals surface area contributed by atoms with Gasteiger partial charge in [-0.15, -0.1) is 0 Å². The van der Waals surface area contributed by atoms with Crippen LogP contribution in [-0.2, 0) is 6.54 Å². The van der Waals surface area contributed by atoms with Crippen LogP contribution < -0.4 is 15.0 Å². The van der Waals surface area contributed by atoms with E-state index >= 15 is 0 Å². The van der Waals surface area contributed by atoms with Gasteiger partial charge in [0.05, 0.1) is 35.3 Å². The summed E-state index contributed by atoms with van der Waals surface area (Å²) in [7, 11) is 3.00. The highest BCUT2D eigenvalue weighted by Crippen LogP contribution is 2.45. The number of aromatic nitrogens is 3. The first-order valence-corrected chi connectivity index (χ1v) is 9.79. The highest BCUT2D eigenvalue weighted by molar-refractivity contribution is 6.41. The molecule has 4 aromatic rings. The number of ether oxygens (including phenoxy) is 2. The first kappa shape index (κ1) is 19.6. The molecule has 0 unspecified atom stereocenters. The van der Waals surface area contributed by atoms with Gasteiger partial charge in [-0.25, -0.2) is 4.98 Å². The van der Waals surface area contributed by atoms with Crippen LogP contribution in [0.25, 0.3) is 33.1 Å². The van der Waals surface area contributed by atoms with Gasteiger partial charge in [-0.2, -0.15) is 0 Å². The average molecular weight is 432 g/mol. The molecule has 150 valence electrons. The van der Waals surface area contributed by atoms with Crippen molar-refractivity contribution in [1.82, 2.24) is 14.5 Å². The Morgan fingerprint density at radius 3 is 2.34 bits per heavy atom. The van der Waals surface area contributed by atoms with Crippen LogP contribution in [0, 0.1) is 6.92 Å². The first-order chi connectivity index (χ1) is 13.9. The highest BCUT2D eigenvalue weighted by Gasteiger charge is 2.23. The number of nitrogens with one attached hydrogen (secondary N) is 1. The summed E-state index contributed by atoms with van der Waals surface area (Å²) in [6.07, 6.45) is 1.74. The Morgan fingerprint density at radius 1 is 1.10 bits per heavy atom. The van der Waals surface area contributed by atoms with Crippen molar-refractivity contribution in [3.8, 4) is 22.6 Å². The molecule has 0 aliphatic carbocycles. The number of fused-ring (bicyclic) bond motifs is 3. The zero-order valence-corrected chi connectivity index (χ0v) is 17.9. The SMILES string of the molecule is CCn1c(=O)c(-c2c(Cl)c(OC)cc(OC)c2Cl)cc2cnc3[nH]c(C)cc3c21. The van der Waals surface area contributed by atoms with Crippen molar-refractivity contribution in [2.75, 3.05) is 14.2 Å². The lowest BCUT2D eigenvalue weighted by molar-refractivity contribution is 0.395. The molecule has 0 fully saturated rings. The Hall–Kier alpha value is -2.70. The number of benzene rings is 1. The number of pyridine rings is 2. The molecule has 3 aromatic heterocycles. The maximum atomic E-state index is 13.5. The number of rotatable bonds is 4. The molecule has 0 aliphatic heterocycles. The van der Waals surface area contributed by atoms with Gasteiger partial charge in [-0.1, -0.05) is 23.2 Å². The summed E-state index contributed by atoms with van der Waals surface area (Å²) < 4.78 is 12.4. The molecule has 0 atom stereocenters. The van der Waals surface area contributed by atoms with Crippen LogP contribution in [0.4, 0.5) is 0 Å². The third kappa shape index (κ3) is 2.94. The summed E-state index contributed by atoms with van der Waals surface area (Å²) in [5.74, 6) is 0.751. The van der Waals surface area contributed by atoms with Crippen molar-refractivity contribution in [3.05, 3.63) is 50.5 Å². The van der Waals surface area contributed by atoms with Crippen molar-refractivity contribution < 1.29 is 9.47 Å². The summed E-state index contributed by atoms with van der Waals surface area (Å²) >= 11 is 13.1. The number of aromatic amines is 1. The van der Waals surface area contributed by atoms with Crippen molar-refractivity contribution in [2.45, 2.75) is 20.4 Å². The number of methoxy groups -OCH3 is 2. The van der Waals surface area contributed by atoms with Crippen LogP contribution in [0.1, 0.15) is 12.6 Å². The predicted octanol–water partition coefficient (Wildman–Crippen LogP) is 5.20. The van der Waals surface area contributed by atoms with Gasteiger partial charge in [0.2, 0.25) is 0 Å². The average Bonchev–Trinajstić information content (AvgIpc) is 3.09. The van der Waals surface area contributed by atoms with Crippen LogP contribution in [0.3, 0.4) is 0 Å². The Morgan fingerprint density at radius 2 is 1.76 bits per heavy atom. The van der Waals surface area contributed by atoms with Gasteiger partial charge in [0.25, 0.3) is 5.56 Å². The van der Waals surface area contributed by atoms with Crippen LogP contribution in [0.2, 0.25) is 10.0 Å². The molecule has 29 heavy (non-hydrogen) atoms. The highest BCUT2D eigenvalue weighted by atomic mass is 35.5. The predicted molar refractivity (Wildman–Crippen MR) is 117 cm³/mol. The number of H-pyrrole nitrogens is 1. The summed E-state index contributed by atoms with van der Waals surface area (Å²) in [6, 6.07) is 5.36. The van der Waals surface area contributed by atoms with Gasteiger partial charge in [0.15, 0.2) is 0 Å². The van der Waals surface area contributed by atoms with E-state index in [0.717, 1.165) is 27.6 Å². The number of nitrogens with zero attached hydrogens (tertiary/aromatic N) is 2. The van der Waals surface area contributed by atoms with E-state index in [1.54, 1.807) is 22.9 Å². The molecular weight excluding hydrogens is 413 g/mol. The van der Waals surface area contributed by atoms with E-state index in [4.69, 9.17) is 32.7 Å². The standard InChI is InChI=1S/C21H19Cl2N3O3/c1-5-26-19-11(9-24-20-13(19)6-10(2)25-20)7-12(21(26)27)16-17(22)14(28-3)8-15(29-4)18(16)23/h6-9H,5H2,1-4H3,(H,24,25). The minimum atomic E-state index is -0.203. The molecule has 0 saturated heterocycles. The Balaban J connectivity index is 2.16. The maximum Gasteiger partial charge on any atom is 0.259 e. The van der Waals surface area contributed by atoms with Gasteiger partial charge in [0.1, 0.15) is 17.1 Å². The van der Waals surface area contributed by atoms with Gasteiger partial charge >= 0.3 is 0 Å². The lowest BCUT2D eigenvalue weighted by Crippen LogP contribution is -2.22. The molecule has 0 saturated carbocycles. The molecule has 0 spiro atoms. The molecule has 1 N–H and O–H groups in total. The molecule has 6 nitrogen and oxygen atoms in total. The monoisotopic (exact) mass is 431 g/mol. The number of hydrogen-bond donors (Lipinski definition) is 1. The molecule has 3 heterocycles. The van der Waals surface area contributed by atoms with Crippen LogP contribution >= 0.6 is 23.2 Å². The smallest absolute Gasteiger partial charge is 0.259 e. The summed E-state index contributed by atoms with van der Waals surface area (Å²) in [5, 5.41) is 2.21. The second kappa shape index (κ2) is 7.28. The normalized spacial score (nSPS) is 11.4. The fraction of sp³-hybridized carbons (Fsp3) is 0.238. The number of halogens is 2. The van der Waals surface area contributed by atoms with Gasteiger partial charge in [-0.3, -0.25) is 4.79 Å². The van der Waals surface area contributed by atoms with Crippen molar-refractivity contribution in [3.63, 3.8) is 0 Å². The third-order valence-electron chi connectivity index (χ3n) is 5.00. The zero-order valence-electron chi connectivity index (χ0n) is 16.4. The van der Waals surface area contributed by atoms with Crippen molar-refractivity contribution in [1.29, 1.82) is 0 Å². The molecule has 0 radical (unpaired) electrons. The summed E-state index contributed by atoms with van der Waals surface area (Å²) in [6.45, 7) is 4.35. The quantitative estimate of drug-likeness (QED) is 0.482. The van der Waals surface area contributed by atoms with Gasteiger partial charge in [0, 0.05) is 40.8 Å². The lowest BCUT2D eigenvalue weighted by Gasteiger charge is -2.17. The number of hydrogen-bond acceptors (Lipinski definition) is 4. The first-order valence-electron chi connectivity index (χ1n) is 9.03. The molecule has 4 rings (SSSR count). The van der Waals surface area contributed by atoms with E-state index in [1.807, 2.05) is 19.9 Å². The molecule has 0 bridgehead atoms. The van der Waals surface area contributed by atoms with Gasteiger partial charge < -0.3 is 19.0 Å². The number of aryl methyl sites for hydroxylation is 2. The van der Waals surface area contributed by atoms with E-state index in [2.05, 4.69) is 9.97 Å². The van der Waals surface area contributed by atoms with E-state index < -0.39 is 0 Å². The topological polar surface area (TPSA) is 69.1 Å². The molecule has 8 heteroatoms. The second-order valence-electron chi connectivity index (χ2n) is 6.67. The minimum absolute atomic E-state index is 0.203. The van der Waals surface area contributed by atoms with Gasteiger partial charge in [-0.05, 0) is 26.0 Å². The minimum Gasteiger partial charge on any atom is -0.495 e. The molecule has 0 amide bonds. The Kier molecular flexibility index (Phi) is 4.92. The zero-order chi connectivity index (χ0) is 20.9. The van der Waals surface area contributed by atoms with Crippen LogP contribution in [0.15, 0.2) is 29.2 Å². The van der Waals surface area contributed by atoms with Crippen molar-refractivity contribution in [2.24, 2.45) is 0 Å². The fourth-order valence-electron chi connectivity index (χ4n) is 3.68. The Bertz CT molecular complexity index is 1300. The van der Waals surface area contributed by atoms with Crippen LogP contribution in [0.5, 0.6) is 11.5 Å². The summed E-state index contributed by atoms with van der Waals surface area (Å²) in [4.78, 5) is 21.2. The van der Waals surface area contributed by atoms with E-state index in [1.165, 1.54) is 14.2 Å². The van der Waals surface area contributed by atoms with E-state index in [-0.39, 0.29) is 15.6 Å². The fourth-order valence-corrected chi connectivity index (χ4v) is 4.39. The largest absolute Gasteiger partial charge is 0.495 e. The Labute approximate surface area is 177 Å². The van der Waals surface area contributed by atoms with E-state index in [0.29, 0.717) is 29.2 Å². The second-order valence-corrected chi connectivity index (χ2v) is 7.42. The van der Waals surface area contributed by atoms with Crippen LogP contribution in [-0.4, -0.2) is 28.8 Å². The third-order valence-corrected chi connectivity index (χ3v) is 5.75. The van der Waals surface area contributed by atoms with E-state index in [9.17, 15) is 4.79 Å². The van der Waals surface area contributed by atoms with Crippen molar-refractivity contribution >= 4 is 45.1 Å².